The number of rotatable bonds is 8. The van der Waals surface area contributed by atoms with Crippen LogP contribution in [-0.2, 0) is 20.2 Å². The van der Waals surface area contributed by atoms with Gasteiger partial charge in [0.25, 0.3) is 0 Å². The van der Waals surface area contributed by atoms with Crippen molar-refractivity contribution in [3.8, 4) is 5.75 Å². The number of nitrogen functional groups attached to an aromatic ring is 1. The van der Waals surface area contributed by atoms with Crippen LogP contribution in [0.3, 0.4) is 0 Å². The topological polar surface area (TPSA) is 210 Å². The fourth-order valence-corrected chi connectivity index (χ4v) is 6.40. The number of hydrogen-bond donors (Lipinski definition) is 2. The van der Waals surface area contributed by atoms with Gasteiger partial charge in [-0.05, 0) is 59.0 Å². The molecule has 0 spiro atoms. The van der Waals surface area contributed by atoms with Gasteiger partial charge in [-0.3, -0.25) is 0 Å². The smallest absolute Gasteiger partial charge is 0.744 e. The predicted molar refractivity (Wildman–Crippen MR) is 180 cm³/mol. The molecular weight excluding hydrogens is 701 g/mol. The molecule has 0 radical (unpaired) electrons. The first kappa shape index (κ1) is 39.0. The first-order valence-electron chi connectivity index (χ1n) is 14.1. The van der Waals surface area contributed by atoms with Crippen LogP contribution < -0.4 is 64.8 Å². The van der Waals surface area contributed by atoms with Crippen molar-refractivity contribution in [2.75, 3.05) is 5.73 Å². The zero-order valence-electron chi connectivity index (χ0n) is 26.6. The monoisotopic (exact) mass is 723 g/mol. The minimum absolute atomic E-state index is 0. The Labute approximate surface area is 331 Å². The summed E-state index contributed by atoms with van der Waals surface area (Å²) in [5, 5.41) is 29.6. The largest absolute Gasteiger partial charge is 1.00 e. The van der Waals surface area contributed by atoms with Crippen LogP contribution in [0.2, 0.25) is 0 Å². The molecule has 0 saturated heterocycles. The van der Waals surface area contributed by atoms with Crippen LogP contribution in [0.25, 0.3) is 33.7 Å². The molecule has 0 amide bonds. The minimum Gasteiger partial charge on any atom is -0.744 e. The van der Waals surface area contributed by atoms with E-state index in [4.69, 9.17) is 5.73 Å². The number of aromatic hydroxyl groups is 1. The molecule has 0 unspecified atom stereocenters. The van der Waals surface area contributed by atoms with E-state index in [0.29, 0.717) is 16.8 Å². The Balaban J connectivity index is 0.00000281. The van der Waals surface area contributed by atoms with E-state index < -0.39 is 30.0 Å². The minimum atomic E-state index is -5.05. The van der Waals surface area contributed by atoms with Gasteiger partial charge in [0, 0.05) is 21.8 Å². The van der Waals surface area contributed by atoms with Crippen LogP contribution in [0.15, 0.2) is 139 Å². The van der Waals surface area contributed by atoms with Crippen LogP contribution >= 0.6 is 0 Å². The van der Waals surface area contributed by atoms with Gasteiger partial charge in [-0.2, -0.15) is 10.2 Å². The second kappa shape index (κ2) is 16.0. The molecule has 12 nitrogen and oxygen atoms in total. The fraction of sp³-hybridized carbons (Fsp3) is 0. The zero-order chi connectivity index (χ0) is 34.1. The Kier molecular flexibility index (Phi) is 12.5. The van der Waals surface area contributed by atoms with Crippen molar-refractivity contribution in [3.05, 3.63) is 120 Å². The fourth-order valence-electron chi connectivity index (χ4n) is 5.02. The Hall–Kier alpha value is -3.80. The molecule has 50 heavy (non-hydrogen) atoms. The summed E-state index contributed by atoms with van der Waals surface area (Å²) < 4.78 is 73.2. The van der Waals surface area contributed by atoms with Crippen molar-refractivity contribution in [3.63, 3.8) is 0 Å². The first-order valence-corrected chi connectivity index (χ1v) is 16.9. The maximum Gasteiger partial charge on any atom is 1.00 e. The maximum atomic E-state index is 12.2. The third-order valence-electron chi connectivity index (χ3n) is 7.33. The number of benzene rings is 6. The molecule has 16 heteroatoms. The van der Waals surface area contributed by atoms with E-state index in [0.717, 1.165) is 28.3 Å². The number of hydrogen-bond acceptors (Lipinski definition) is 12. The Morgan fingerprint density at radius 3 is 1.68 bits per heavy atom. The van der Waals surface area contributed by atoms with Gasteiger partial charge >= 0.3 is 59.1 Å². The standard InChI is InChI=1S/C34H25N5O7S2.2Na/c35-29-16-17-30(28-8-4-3-7-27(28)29)38-36-24-14-11-22(32(19-24)47(41,42)43)9-10-23-12-15-25(20-33(23)48(44,45)46)37-39-34-26-6-2-1-5-21(26)13-18-31(34)40;;/h1-20,40H,35H2,(H,41,42,43)(H,44,45,46);;/q;2*+1/p-2/b10-9+,38-36?,39-37?;;. The number of phenols is 1. The molecule has 0 aliphatic carbocycles. The van der Waals surface area contributed by atoms with Gasteiger partial charge in [-0.15, -0.1) is 10.2 Å². The summed E-state index contributed by atoms with van der Waals surface area (Å²) in [5.41, 5.74) is 7.11. The summed E-state index contributed by atoms with van der Waals surface area (Å²) in [7, 11) is -10.1. The summed E-state index contributed by atoms with van der Waals surface area (Å²) in [6, 6.07) is 28.3. The van der Waals surface area contributed by atoms with Gasteiger partial charge < -0.3 is 19.9 Å². The molecule has 0 fully saturated rings. The van der Waals surface area contributed by atoms with E-state index in [1.54, 1.807) is 30.3 Å². The van der Waals surface area contributed by atoms with E-state index in [1.165, 1.54) is 42.5 Å². The SMILES string of the molecule is Nc1ccc(N=Nc2ccc(/C=C/c3ccc(N=Nc4c(O)ccc5ccccc45)cc3S(=O)(=O)[O-])c(S(=O)(=O)[O-])c2)c2ccccc12.[Na+].[Na+]. The van der Waals surface area contributed by atoms with Crippen LogP contribution in [-0.4, -0.2) is 31.0 Å². The molecule has 6 rings (SSSR count). The van der Waals surface area contributed by atoms with E-state index in [9.17, 15) is 31.0 Å². The second-order valence-corrected chi connectivity index (χ2v) is 13.2. The predicted octanol–water partition coefficient (Wildman–Crippen LogP) is 2.10. The van der Waals surface area contributed by atoms with E-state index in [-0.39, 0.29) is 93.1 Å². The van der Waals surface area contributed by atoms with Gasteiger partial charge in [0.05, 0.1) is 26.9 Å². The van der Waals surface area contributed by atoms with Crippen molar-refractivity contribution in [1.29, 1.82) is 0 Å². The Bertz CT molecular complexity index is 2560. The summed E-state index contributed by atoms with van der Waals surface area (Å²) in [6.07, 6.45) is 2.38. The molecular formula is C34H23N5Na2O7S2. The van der Waals surface area contributed by atoms with Crippen molar-refractivity contribution >= 4 is 82.4 Å². The first-order chi connectivity index (χ1) is 22.9. The molecule has 0 aromatic heterocycles. The molecule has 0 aliphatic rings. The molecule has 0 atom stereocenters. The Morgan fingerprint density at radius 1 is 0.580 bits per heavy atom. The molecule has 6 aromatic carbocycles. The van der Waals surface area contributed by atoms with Crippen LogP contribution in [0, 0.1) is 0 Å². The van der Waals surface area contributed by atoms with Gasteiger partial charge in [-0.25, -0.2) is 16.8 Å². The number of phenolic OH excluding ortho intramolecular Hbond substituents is 1. The molecule has 3 N–H and O–H groups in total. The molecule has 0 saturated carbocycles. The number of nitrogens with zero attached hydrogens (tertiary/aromatic N) is 4. The Morgan fingerprint density at radius 2 is 1.10 bits per heavy atom. The third kappa shape index (κ3) is 8.73. The second-order valence-electron chi connectivity index (χ2n) is 10.5. The summed E-state index contributed by atoms with van der Waals surface area (Å²) >= 11 is 0. The molecule has 0 heterocycles. The molecule has 240 valence electrons. The zero-order valence-corrected chi connectivity index (χ0v) is 32.3. The van der Waals surface area contributed by atoms with Crippen molar-refractivity contribution in [2.24, 2.45) is 20.5 Å². The van der Waals surface area contributed by atoms with Crippen LogP contribution in [0.1, 0.15) is 11.1 Å². The van der Waals surface area contributed by atoms with Gasteiger partial charge in [-0.1, -0.05) is 78.9 Å². The van der Waals surface area contributed by atoms with Gasteiger partial charge in [0.15, 0.2) is 0 Å². The number of azo groups is 2. The summed E-state index contributed by atoms with van der Waals surface area (Å²) in [4.78, 5) is -1.30. The van der Waals surface area contributed by atoms with E-state index in [1.807, 2.05) is 36.4 Å². The van der Waals surface area contributed by atoms with E-state index >= 15 is 0 Å². The number of fused-ring (bicyclic) bond motifs is 2. The van der Waals surface area contributed by atoms with Crippen LogP contribution in [0.5, 0.6) is 5.75 Å². The maximum absolute atomic E-state index is 12.2. The van der Waals surface area contributed by atoms with Crippen molar-refractivity contribution in [2.45, 2.75) is 9.79 Å². The molecule has 6 aromatic rings. The van der Waals surface area contributed by atoms with Crippen LogP contribution in [0.4, 0.5) is 28.4 Å². The third-order valence-corrected chi connectivity index (χ3v) is 9.11. The number of anilines is 1. The normalized spacial score (nSPS) is 12.1. The van der Waals surface area contributed by atoms with Crippen molar-refractivity contribution in [1.82, 2.24) is 0 Å². The average Bonchev–Trinajstić information content (AvgIpc) is 3.06. The van der Waals surface area contributed by atoms with E-state index in [2.05, 4.69) is 20.5 Å². The summed E-state index contributed by atoms with van der Waals surface area (Å²) in [6.45, 7) is 0. The average molecular weight is 724 g/mol. The summed E-state index contributed by atoms with van der Waals surface area (Å²) in [5.74, 6) is -0.149. The molecule has 0 bridgehead atoms. The van der Waals surface area contributed by atoms with Crippen molar-refractivity contribution < 1.29 is 90.2 Å². The quantitative estimate of drug-likeness (QED) is 0.0779. The van der Waals surface area contributed by atoms with Gasteiger partial charge in [0.1, 0.15) is 31.7 Å². The molecule has 0 aliphatic heterocycles. The number of nitrogens with two attached hydrogens (primary N) is 1. The van der Waals surface area contributed by atoms with Gasteiger partial charge in [0.2, 0.25) is 0 Å².